The van der Waals surface area contributed by atoms with Gasteiger partial charge in [-0.3, -0.25) is 67.2 Å². The molecule has 3 aromatic rings. The van der Waals surface area contributed by atoms with Crippen LogP contribution in [-0.2, 0) is 67.9 Å². The van der Waals surface area contributed by atoms with Crippen LogP contribution in [-0.4, -0.2) is 129 Å². The lowest BCUT2D eigenvalue weighted by Gasteiger charge is -2.30. The zero-order valence-electron chi connectivity index (χ0n) is 57.0. The van der Waals surface area contributed by atoms with Gasteiger partial charge >= 0.3 is 27.3 Å². The van der Waals surface area contributed by atoms with E-state index in [1.807, 2.05) is 4.98 Å². The summed E-state index contributed by atoms with van der Waals surface area (Å²) in [5, 5.41) is 15.2. The minimum Gasteiger partial charge on any atom is -0.494 e. The number of nitro benzene ring substituents is 1. The first-order valence-corrected chi connectivity index (χ1v) is 39.0. The first-order chi connectivity index (χ1) is 46.4. The predicted octanol–water partition coefficient (Wildman–Crippen LogP) is 11.0. The maximum absolute atomic E-state index is 13.1. The number of nitrogens with zero attached hydrogens (tertiary/aromatic N) is 4. The summed E-state index contributed by atoms with van der Waals surface area (Å²) in [6, 6.07) is 11.8. The molecule has 1 saturated carbocycles. The third-order valence-electron chi connectivity index (χ3n) is 16.4. The van der Waals surface area contributed by atoms with Crippen molar-refractivity contribution < 1.29 is 90.5 Å². The molecule has 0 radical (unpaired) electrons. The molecule has 2 saturated heterocycles. The van der Waals surface area contributed by atoms with Crippen molar-refractivity contribution in [1.29, 1.82) is 0 Å². The maximum atomic E-state index is 13.1. The number of ketones is 1. The van der Waals surface area contributed by atoms with E-state index in [1.54, 1.807) is 6.92 Å². The van der Waals surface area contributed by atoms with Gasteiger partial charge in [-0.1, -0.05) is 126 Å². The highest BCUT2D eigenvalue weighted by Gasteiger charge is 2.42. The SMILES string of the molecule is CC(CC(=O)C1CCC(CN2C(=O)C=CC2=O)CC1)c1cc(OCCCC(=O)ON2C(=O)CCC2=O)ccc1[N+](=O)[O-].CCCCC(=O)NCc1ccc(C)c(C(C)C)c1.CCCCCCCSSCCCCC.O=c1ccn([C@H]2C[C@@H](OP(=O)(O)O)[C@@H](COP(=O)(O)O)O2)c(=O)[nH]1. The summed E-state index contributed by atoms with van der Waals surface area (Å²) in [6.07, 6.45) is 16.6. The van der Waals surface area contributed by atoms with Crippen molar-refractivity contribution in [3.8, 4) is 5.75 Å². The zero-order chi connectivity index (χ0) is 72.5. The van der Waals surface area contributed by atoms with Crippen LogP contribution in [0.1, 0.15) is 217 Å². The number of ether oxygens (including phenoxy) is 2. The number of aryl methyl sites for hydroxylation is 1. The highest BCUT2D eigenvalue weighted by molar-refractivity contribution is 8.76. The van der Waals surface area contributed by atoms with Crippen molar-refractivity contribution in [2.24, 2.45) is 11.8 Å². The van der Waals surface area contributed by atoms with Gasteiger partial charge in [0.15, 0.2) is 0 Å². The van der Waals surface area contributed by atoms with E-state index in [-0.39, 0.29) is 86.2 Å². The Morgan fingerprint density at radius 2 is 1.40 bits per heavy atom. The van der Waals surface area contributed by atoms with Gasteiger partial charge in [0.1, 0.15) is 30.0 Å². The number of aromatic amines is 1. The van der Waals surface area contributed by atoms with Crippen LogP contribution in [0.5, 0.6) is 5.75 Å². The van der Waals surface area contributed by atoms with Gasteiger partial charge < -0.3 is 39.2 Å². The number of amides is 5. The molecule has 4 atom stereocenters. The predicted molar refractivity (Wildman–Crippen MR) is 369 cm³/mol. The second-order valence-electron chi connectivity index (χ2n) is 24.7. The number of phosphoric acid groups is 2. The second-order valence-corrected chi connectivity index (χ2v) is 29.8. The summed E-state index contributed by atoms with van der Waals surface area (Å²) >= 11 is 0. The molecule has 0 spiro atoms. The number of nitrogens with one attached hydrogen (secondary N) is 2. The number of Topliss-reactive ketones (excluding diaryl/α,β-unsaturated/α-hetero) is 1. The Bertz CT molecular complexity index is 3320. The number of carbonyl (C=O) groups excluding carboxylic acids is 7. The standard InChI is InChI=1S/C29H33N3O10.C16H25NO.C12H26S2.C9H14N2O11P2/c1-18(15-24(33)20-6-4-19(5-7-20)17-30-25(34)10-11-26(30)35)22-16-21(8-9-23(22)32(39)40)41-14-2-3-29(38)42-31-27(36)12-13-28(31)37;1-5-6-7-16(18)17-11-14-9-8-13(4)15(10-14)12(2)3;1-3-5-7-8-10-12-14-13-11-9-6-4-2;12-7-1-2-11(9(13)10-7)8-3-5(22-24(17,18)19)6(21-8)4-20-23(14,15)16/h8-11,16,18-20H,2-7,12-15,17H2,1H3;8-10,12H,5-7,11H2,1-4H3,(H,17,18);3-12H2,1-2H3;1-2,5-6,8H,3-4H2,(H,10,12,13)(H2,14,15,16)(H2,17,18,19)/t;;;5-,6-,8-/m...1/s1. The second kappa shape index (κ2) is 43.5. The molecule has 3 fully saturated rings. The smallest absolute Gasteiger partial charge is 0.469 e. The van der Waals surface area contributed by atoms with Gasteiger partial charge in [0, 0.05) is 98.7 Å². The lowest BCUT2D eigenvalue weighted by molar-refractivity contribution is -0.385. The Balaban J connectivity index is 0.000000307. The van der Waals surface area contributed by atoms with Crippen LogP contribution < -0.4 is 21.3 Å². The minimum atomic E-state index is -4.93. The third-order valence-corrected chi connectivity index (χ3v) is 20.0. The Morgan fingerprint density at radius 3 is 1.99 bits per heavy atom. The molecule has 4 heterocycles. The van der Waals surface area contributed by atoms with E-state index in [1.165, 1.54) is 115 Å². The van der Waals surface area contributed by atoms with Crippen LogP contribution in [0.25, 0.3) is 0 Å². The molecule has 4 aliphatic rings. The average molecular weight is 1450 g/mol. The van der Waals surface area contributed by atoms with Crippen LogP contribution in [0.4, 0.5) is 5.69 Å². The summed E-state index contributed by atoms with van der Waals surface area (Å²) < 4.78 is 42.5. The third kappa shape index (κ3) is 31.2. The number of H-pyrrole nitrogens is 1. The van der Waals surface area contributed by atoms with Gasteiger partial charge in [-0.2, -0.15) is 0 Å². The van der Waals surface area contributed by atoms with E-state index in [0.29, 0.717) is 67.5 Å². The quantitative estimate of drug-likeness (QED) is 0.00786. The highest BCUT2D eigenvalue weighted by atomic mass is 33.1. The van der Waals surface area contributed by atoms with Gasteiger partial charge in [-0.15, -0.1) is 5.06 Å². The molecule has 5 amide bonds. The van der Waals surface area contributed by atoms with Crippen molar-refractivity contribution in [3.63, 3.8) is 0 Å². The number of unbranched alkanes of at least 4 members (excludes halogenated alkanes) is 7. The molecule has 2 aromatic carbocycles. The minimum absolute atomic E-state index is 0.00609. The summed E-state index contributed by atoms with van der Waals surface area (Å²) in [7, 11) is -5.63. The van der Waals surface area contributed by atoms with E-state index in [0.717, 1.165) is 29.7 Å². The molecule has 0 bridgehead atoms. The van der Waals surface area contributed by atoms with Crippen LogP contribution in [0, 0.1) is 28.9 Å². The highest BCUT2D eigenvalue weighted by Crippen LogP contribution is 2.45. The van der Waals surface area contributed by atoms with Crippen LogP contribution in [0.3, 0.4) is 0 Å². The fourth-order valence-corrected chi connectivity index (χ4v) is 14.2. The molecular formula is C66H98N6O22P2S2. The number of hydrogen-bond donors (Lipinski definition) is 6. The Morgan fingerprint density at radius 1 is 0.776 bits per heavy atom. The topological polar surface area (TPSA) is 397 Å². The van der Waals surface area contributed by atoms with Gasteiger partial charge in [0.05, 0.1) is 24.6 Å². The van der Waals surface area contributed by atoms with Crippen LogP contribution in [0.2, 0.25) is 0 Å². The first kappa shape index (κ1) is 84.2. The Labute approximate surface area is 579 Å². The first-order valence-electron chi connectivity index (χ1n) is 33.5. The molecule has 28 nitrogen and oxygen atoms in total. The number of phosphoric ester groups is 2. The number of nitro groups is 1. The van der Waals surface area contributed by atoms with Gasteiger partial charge in [-0.25, -0.2) is 18.7 Å². The molecular weight excluding hydrogens is 1350 g/mol. The van der Waals surface area contributed by atoms with E-state index in [9.17, 15) is 62.4 Å². The molecule has 6 N–H and O–H groups in total. The molecule has 546 valence electrons. The van der Waals surface area contributed by atoms with Crippen molar-refractivity contribution >= 4 is 84.2 Å². The molecule has 98 heavy (non-hydrogen) atoms. The summed E-state index contributed by atoms with van der Waals surface area (Å²) in [5.41, 5.74) is 2.64. The average Bonchev–Trinajstić information content (AvgIpc) is 1.56. The van der Waals surface area contributed by atoms with E-state index in [2.05, 4.69) is 95.7 Å². The number of aromatic nitrogens is 2. The maximum Gasteiger partial charge on any atom is 0.469 e. The molecule has 1 aromatic heterocycles. The lowest BCUT2D eigenvalue weighted by Crippen LogP contribution is -2.36. The number of carbonyl (C=O) groups is 7. The molecule has 7 rings (SSSR count). The largest absolute Gasteiger partial charge is 0.494 e. The van der Waals surface area contributed by atoms with Gasteiger partial charge in [0.2, 0.25) is 5.91 Å². The number of hydrogen-bond acceptors (Lipinski definition) is 20. The van der Waals surface area contributed by atoms with E-state index < -0.39 is 80.6 Å². The van der Waals surface area contributed by atoms with Crippen molar-refractivity contribution in [1.82, 2.24) is 24.8 Å². The summed E-state index contributed by atoms with van der Waals surface area (Å²) in [6.45, 7) is 15.3. The summed E-state index contributed by atoms with van der Waals surface area (Å²) in [4.78, 5) is 161. The van der Waals surface area contributed by atoms with E-state index >= 15 is 0 Å². The molecule has 1 aliphatic carbocycles. The summed E-state index contributed by atoms with van der Waals surface area (Å²) in [5.74, 6) is 0.779. The van der Waals surface area contributed by atoms with Gasteiger partial charge in [-0.05, 0) is 105 Å². The normalized spacial score (nSPS) is 18.7. The number of benzene rings is 2. The zero-order valence-corrected chi connectivity index (χ0v) is 60.5. The Hall–Kier alpha value is -6.17. The molecule has 3 aliphatic heterocycles. The van der Waals surface area contributed by atoms with E-state index in [4.69, 9.17) is 33.9 Å². The number of rotatable bonds is 36. The van der Waals surface area contributed by atoms with Crippen molar-refractivity contribution in [2.45, 2.75) is 220 Å². The monoisotopic (exact) mass is 1450 g/mol. The number of hydroxylamine groups is 2. The Kier molecular flexibility index (Phi) is 37.4. The molecule has 32 heteroatoms. The van der Waals surface area contributed by atoms with Crippen molar-refractivity contribution in [2.75, 3.05) is 31.3 Å². The molecule has 1 unspecified atom stereocenters. The van der Waals surface area contributed by atoms with Crippen LogP contribution in [0.15, 0.2) is 70.4 Å². The van der Waals surface area contributed by atoms with Gasteiger partial charge in [0.25, 0.3) is 34.9 Å². The lowest BCUT2D eigenvalue weighted by atomic mass is 9.77. The number of imide groups is 2. The fraction of sp³-hybridized carbons (Fsp3) is 0.621. The van der Waals surface area contributed by atoms with Crippen molar-refractivity contribution in [3.05, 3.63) is 114 Å². The van der Waals surface area contributed by atoms with Crippen LogP contribution >= 0.6 is 37.2 Å². The fourth-order valence-electron chi connectivity index (χ4n) is 11.0.